The van der Waals surface area contributed by atoms with Gasteiger partial charge in [-0.1, -0.05) is 13.8 Å². The normalized spacial score (nSPS) is 10.4. The van der Waals surface area contributed by atoms with Crippen LogP contribution >= 0.6 is 0 Å². The molecule has 2 N–H and O–H groups in total. The molecular weight excluding hydrogens is 296 g/mol. The number of amides is 2. The van der Waals surface area contributed by atoms with Gasteiger partial charge in [-0.25, -0.2) is 0 Å². The molecule has 0 bridgehead atoms. The molecule has 0 aliphatic carbocycles. The van der Waals surface area contributed by atoms with E-state index in [4.69, 9.17) is 9.15 Å². The van der Waals surface area contributed by atoms with Crippen molar-refractivity contribution in [3.63, 3.8) is 0 Å². The third-order valence-electron chi connectivity index (χ3n) is 2.91. The number of hydrogen-bond acceptors (Lipinski definition) is 4. The maximum absolute atomic E-state index is 11.8. The van der Waals surface area contributed by atoms with Crippen LogP contribution in [0.2, 0.25) is 0 Å². The van der Waals surface area contributed by atoms with Crippen molar-refractivity contribution in [2.24, 2.45) is 5.92 Å². The van der Waals surface area contributed by atoms with Crippen LogP contribution in [-0.2, 0) is 16.1 Å². The van der Waals surface area contributed by atoms with Crippen molar-refractivity contribution in [3.05, 3.63) is 48.4 Å². The van der Waals surface area contributed by atoms with E-state index in [-0.39, 0.29) is 6.54 Å². The van der Waals surface area contributed by atoms with E-state index in [1.54, 1.807) is 36.4 Å². The molecule has 0 aliphatic rings. The number of anilines is 1. The van der Waals surface area contributed by atoms with Crippen molar-refractivity contribution < 1.29 is 18.7 Å². The van der Waals surface area contributed by atoms with E-state index in [1.807, 2.05) is 0 Å². The fraction of sp³-hybridized carbons (Fsp3) is 0.294. The highest BCUT2D eigenvalue weighted by atomic mass is 16.5. The van der Waals surface area contributed by atoms with Crippen LogP contribution in [-0.4, -0.2) is 18.4 Å². The second-order valence-corrected chi connectivity index (χ2v) is 5.45. The zero-order chi connectivity index (χ0) is 16.7. The van der Waals surface area contributed by atoms with Gasteiger partial charge >= 0.3 is 11.8 Å². The van der Waals surface area contributed by atoms with E-state index in [0.717, 1.165) is 5.75 Å². The Hall–Kier alpha value is -2.76. The molecule has 0 fully saturated rings. The third kappa shape index (κ3) is 5.50. The minimum Gasteiger partial charge on any atom is -0.493 e. The van der Waals surface area contributed by atoms with Crippen LogP contribution in [0.5, 0.6) is 5.75 Å². The van der Waals surface area contributed by atoms with Gasteiger partial charge in [-0.05, 0) is 42.3 Å². The summed E-state index contributed by atoms with van der Waals surface area (Å²) in [5.74, 6) is 0.290. The molecule has 0 aliphatic heterocycles. The molecule has 6 nitrogen and oxygen atoms in total. The van der Waals surface area contributed by atoms with Crippen molar-refractivity contribution in [2.75, 3.05) is 11.9 Å². The fourth-order valence-corrected chi connectivity index (χ4v) is 1.75. The van der Waals surface area contributed by atoms with Crippen LogP contribution in [0.25, 0.3) is 0 Å². The van der Waals surface area contributed by atoms with Gasteiger partial charge in [0.05, 0.1) is 19.4 Å². The number of carbonyl (C=O) groups excluding carboxylic acids is 2. The summed E-state index contributed by atoms with van der Waals surface area (Å²) >= 11 is 0. The lowest BCUT2D eigenvalue weighted by atomic mass is 10.2. The number of hydrogen-bond donors (Lipinski definition) is 2. The van der Waals surface area contributed by atoms with Gasteiger partial charge in [0.2, 0.25) is 0 Å². The summed E-state index contributed by atoms with van der Waals surface area (Å²) in [4.78, 5) is 23.5. The minimum absolute atomic E-state index is 0.168. The van der Waals surface area contributed by atoms with E-state index in [9.17, 15) is 9.59 Å². The first kappa shape index (κ1) is 16.6. The zero-order valence-corrected chi connectivity index (χ0v) is 13.2. The molecule has 1 heterocycles. The van der Waals surface area contributed by atoms with Gasteiger partial charge in [-0.15, -0.1) is 0 Å². The first-order chi connectivity index (χ1) is 11.0. The molecule has 2 amide bonds. The van der Waals surface area contributed by atoms with Crippen molar-refractivity contribution in [1.29, 1.82) is 0 Å². The number of rotatable bonds is 6. The first-order valence-electron chi connectivity index (χ1n) is 7.39. The smallest absolute Gasteiger partial charge is 0.313 e. The summed E-state index contributed by atoms with van der Waals surface area (Å²) in [6.45, 7) is 4.92. The summed E-state index contributed by atoms with van der Waals surface area (Å²) in [5.41, 5.74) is 0.528. The highest BCUT2D eigenvalue weighted by molar-refractivity contribution is 6.39. The Kier molecular flexibility index (Phi) is 5.80. The first-order valence-corrected chi connectivity index (χ1v) is 7.39. The molecule has 0 atom stereocenters. The average molecular weight is 316 g/mol. The Morgan fingerprint density at radius 3 is 2.48 bits per heavy atom. The van der Waals surface area contributed by atoms with E-state index in [2.05, 4.69) is 24.5 Å². The molecule has 1 aromatic heterocycles. The highest BCUT2D eigenvalue weighted by Crippen LogP contribution is 2.16. The molecule has 0 saturated carbocycles. The molecule has 0 unspecified atom stereocenters. The standard InChI is InChI=1S/C17H20N2O4/c1-12(2)11-23-14-7-5-13(6-8-14)19-17(21)16(20)18-10-15-4-3-9-22-15/h3-9,12H,10-11H2,1-2H3,(H,18,20)(H,19,21). The quantitative estimate of drug-likeness (QED) is 0.803. The largest absolute Gasteiger partial charge is 0.493 e. The molecular formula is C17H20N2O4. The summed E-state index contributed by atoms with van der Waals surface area (Å²) in [5, 5.41) is 5.01. The Balaban J connectivity index is 1.80. The van der Waals surface area contributed by atoms with Gasteiger partial charge in [0.15, 0.2) is 0 Å². The van der Waals surface area contributed by atoms with Crippen LogP contribution < -0.4 is 15.4 Å². The Morgan fingerprint density at radius 1 is 1.13 bits per heavy atom. The molecule has 0 spiro atoms. The van der Waals surface area contributed by atoms with Gasteiger partial charge in [0, 0.05) is 5.69 Å². The molecule has 0 radical (unpaired) electrons. The molecule has 2 aromatic rings. The number of furan rings is 1. The number of ether oxygens (including phenoxy) is 1. The maximum atomic E-state index is 11.8. The third-order valence-corrected chi connectivity index (χ3v) is 2.91. The Labute approximate surface area is 134 Å². The molecule has 23 heavy (non-hydrogen) atoms. The molecule has 2 rings (SSSR count). The van der Waals surface area contributed by atoms with Gasteiger partial charge in [0.25, 0.3) is 0 Å². The summed E-state index contributed by atoms with van der Waals surface area (Å²) < 4.78 is 10.6. The summed E-state index contributed by atoms with van der Waals surface area (Å²) in [7, 11) is 0. The lowest BCUT2D eigenvalue weighted by Gasteiger charge is -2.10. The van der Waals surface area contributed by atoms with E-state index in [0.29, 0.717) is 24.0 Å². The Morgan fingerprint density at radius 2 is 1.87 bits per heavy atom. The minimum atomic E-state index is -0.729. The van der Waals surface area contributed by atoms with Crippen molar-refractivity contribution >= 4 is 17.5 Å². The fourth-order valence-electron chi connectivity index (χ4n) is 1.75. The van der Waals surface area contributed by atoms with Crippen molar-refractivity contribution in [3.8, 4) is 5.75 Å². The molecule has 0 saturated heterocycles. The Bertz CT molecular complexity index is 633. The monoisotopic (exact) mass is 316 g/mol. The van der Waals surface area contributed by atoms with E-state index in [1.165, 1.54) is 6.26 Å². The van der Waals surface area contributed by atoms with Crippen LogP contribution in [0.3, 0.4) is 0 Å². The predicted octanol–water partition coefficient (Wildman–Crippen LogP) is 2.57. The van der Waals surface area contributed by atoms with Crippen LogP contribution in [0, 0.1) is 5.92 Å². The van der Waals surface area contributed by atoms with Crippen LogP contribution in [0.1, 0.15) is 19.6 Å². The second-order valence-electron chi connectivity index (χ2n) is 5.45. The summed E-state index contributed by atoms with van der Waals surface area (Å²) in [6.07, 6.45) is 1.50. The molecule has 6 heteroatoms. The number of benzene rings is 1. The van der Waals surface area contributed by atoms with Crippen LogP contribution in [0.15, 0.2) is 47.1 Å². The van der Waals surface area contributed by atoms with Crippen molar-refractivity contribution in [1.82, 2.24) is 5.32 Å². The SMILES string of the molecule is CC(C)COc1ccc(NC(=O)C(=O)NCc2ccco2)cc1. The average Bonchev–Trinajstić information content (AvgIpc) is 3.05. The zero-order valence-electron chi connectivity index (χ0n) is 13.2. The van der Waals surface area contributed by atoms with Crippen molar-refractivity contribution in [2.45, 2.75) is 20.4 Å². The molecule has 1 aromatic carbocycles. The number of nitrogens with one attached hydrogen (secondary N) is 2. The molecule has 122 valence electrons. The highest BCUT2D eigenvalue weighted by Gasteiger charge is 2.13. The van der Waals surface area contributed by atoms with E-state index >= 15 is 0 Å². The lowest BCUT2D eigenvalue weighted by molar-refractivity contribution is -0.136. The van der Waals surface area contributed by atoms with E-state index < -0.39 is 11.8 Å². The van der Waals surface area contributed by atoms with Gasteiger partial charge in [-0.3, -0.25) is 9.59 Å². The lowest BCUT2D eigenvalue weighted by Crippen LogP contribution is -2.34. The van der Waals surface area contributed by atoms with Gasteiger partial charge in [0.1, 0.15) is 11.5 Å². The second kappa shape index (κ2) is 8.03. The van der Waals surface area contributed by atoms with Crippen LogP contribution in [0.4, 0.5) is 5.69 Å². The topological polar surface area (TPSA) is 80.6 Å². The predicted molar refractivity (Wildman–Crippen MR) is 86.0 cm³/mol. The summed E-state index contributed by atoms with van der Waals surface area (Å²) in [6, 6.07) is 10.3. The maximum Gasteiger partial charge on any atom is 0.313 e. The number of carbonyl (C=O) groups is 2. The van der Waals surface area contributed by atoms with Gasteiger partial charge < -0.3 is 19.8 Å². The van der Waals surface area contributed by atoms with Gasteiger partial charge in [-0.2, -0.15) is 0 Å².